The number of phenolic OH excluding ortho intramolecular Hbond substituents is 1. The predicted molar refractivity (Wildman–Crippen MR) is 116 cm³/mol. The number of hydrogen-bond donors (Lipinski definition) is 2. The highest BCUT2D eigenvalue weighted by atomic mass is 16.3. The third-order valence-electron chi connectivity index (χ3n) is 6.10. The fourth-order valence-electron chi connectivity index (χ4n) is 4.60. The number of fused-ring (bicyclic) bond motifs is 1. The third-order valence-corrected chi connectivity index (χ3v) is 6.10. The normalized spacial score (nSPS) is 19.4. The minimum atomic E-state index is 0.0643. The summed E-state index contributed by atoms with van der Waals surface area (Å²) < 4.78 is 2.34. The van der Waals surface area contributed by atoms with Crippen molar-refractivity contribution in [2.75, 3.05) is 0 Å². The number of imidazole rings is 1. The molecule has 1 fully saturated rings. The van der Waals surface area contributed by atoms with E-state index in [1.807, 2.05) is 32.0 Å². The first-order valence-electron chi connectivity index (χ1n) is 10.5. The van der Waals surface area contributed by atoms with Gasteiger partial charge >= 0.3 is 0 Å². The molecule has 0 atom stereocenters. The molecule has 3 aromatic rings. The molecule has 0 saturated heterocycles. The molecule has 0 bridgehead atoms. The minimum absolute atomic E-state index is 0.0643. The molecule has 152 valence electrons. The van der Waals surface area contributed by atoms with Gasteiger partial charge in [0.2, 0.25) is 5.91 Å². The van der Waals surface area contributed by atoms with Crippen molar-refractivity contribution in [2.45, 2.75) is 59.0 Å². The van der Waals surface area contributed by atoms with Crippen LogP contribution >= 0.6 is 0 Å². The number of aromatic nitrogens is 2. The summed E-state index contributed by atoms with van der Waals surface area (Å²) in [6.45, 7) is 6.38. The zero-order valence-corrected chi connectivity index (χ0v) is 17.4. The lowest BCUT2D eigenvalue weighted by Crippen LogP contribution is -2.36. The smallest absolute Gasteiger partial charge is 0.217 e. The average Bonchev–Trinajstić information content (AvgIpc) is 3.05. The number of amides is 1. The van der Waals surface area contributed by atoms with E-state index >= 15 is 0 Å². The van der Waals surface area contributed by atoms with Gasteiger partial charge in [0, 0.05) is 25.1 Å². The minimum Gasteiger partial charge on any atom is -0.507 e. The Morgan fingerprint density at radius 3 is 2.45 bits per heavy atom. The number of nitrogens with zero attached hydrogens (tertiary/aromatic N) is 2. The highest BCUT2D eigenvalue weighted by Gasteiger charge is 2.24. The molecule has 4 rings (SSSR count). The summed E-state index contributed by atoms with van der Waals surface area (Å²) >= 11 is 0. The Morgan fingerprint density at radius 2 is 1.79 bits per heavy atom. The molecule has 0 spiro atoms. The Kier molecular flexibility index (Phi) is 5.31. The second-order valence-corrected chi connectivity index (χ2v) is 8.41. The Morgan fingerprint density at radius 1 is 1.14 bits per heavy atom. The van der Waals surface area contributed by atoms with Crippen molar-refractivity contribution >= 4 is 16.9 Å². The van der Waals surface area contributed by atoms with Gasteiger partial charge in [-0.25, -0.2) is 4.98 Å². The molecule has 0 unspecified atom stereocenters. The Bertz CT molecular complexity index is 1020. The number of para-hydroxylation sites is 2. The van der Waals surface area contributed by atoms with Gasteiger partial charge in [-0.2, -0.15) is 0 Å². The molecule has 2 N–H and O–H groups in total. The maximum atomic E-state index is 11.3. The van der Waals surface area contributed by atoms with E-state index in [4.69, 9.17) is 4.98 Å². The van der Waals surface area contributed by atoms with Crippen LogP contribution in [0.1, 0.15) is 43.7 Å². The third kappa shape index (κ3) is 4.00. The van der Waals surface area contributed by atoms with Gasteiger partial charge in [0.05, 0.1) is 11.0 Å². The summed E-state index contributed by atoms with van der Waals surface area (Å²) in [5, 5.41) is 13.2. The molecule has 1 aliphatic carbocycles. The van der Waals surface area contributed by atoms with Gasteiger partial charge in [-0.1, -0.05) is 12.1 Å². The number of benzene rings is 2. The van der Waals surface area contributed by atoms with Crippen LogP contribution < -0.4 is 5.32 Å². The quantitative estimate of drug-likeness (QED) is 0.676. The van der Waals surface area contributed by atoms with Crippen LogP contribution in [0.3, 0.4) is 0 Å². The van der Waals surface area contributed by atoms with Gasteiger partial charge in [0.15, 0.2) is 0 Å². The summed E-state index contributed by atoms with van der Waals surface area (Å²) in [6.07, 6.45) is 4.27. The number of aryl methyl sites for hydroxylation is 2. The SMILES string of the molecule is CC(=O)NC1CCC(Cn2c(-c3cc(C)c(O)c(C)c3)nc3ccccc32)CC1. The molecular weight excluding hydrogens is 362 g/mol. The van der Waals surface area contributed by atoms with E-state index in [0.717, 1.165) is 65.8 Å². The molecule has 0 radical (unpaired) electrons. The van der Waals surface area contributed by atoms with Crippen molar-refractivity contribution in [3.8, 4) is 17.1 Å². The molecule has 1 aromatic heterocycles. The molecule has 1 amide bonds. The van der Waals surface area contributed by atoms with Crippen LogP contribution in [0, 0.1) is 19.8 Å². The van der Waals surface area contributed by atoms with Crippen molar-refractivity contribution in [1.29, 1.82) is 0 Å². The maximum absolute atomic E-state index is 11.3. The van der Waals surface area contributed by atoms with Gasteiger partial charge in [-0.15, -0.1) is 0 Å². The first-order valence-corrected chi connectivity index (χ1v) is 10.5. The number of carbonyl (C=O) groups is 1. The van der Waals surface area contributed by atoms with E-state index < -0.39 is 0 Å². The largest absolute Gasteiger partial charge is 0.507 e. The number of nitrogens with one attached hydrogen (secondary N) is 1. The lowest BCUT2D eigenvalue weighted by Gasteiger charge is -2.29. The molecule has 0 aliphatic heterocycles. The Hall–Kier alpha value is -2.82. The fraction of sp³-hybridized carbons (Fsp3) is 0.417. The molecule has 1 aliphatic rings. The maximum Gasteiger partial charge on any atom is 0.217 e. The topological polar surface area (TPSA) is 67.2 Å². The van der Waals surface area contributed by atoms with Gasteiger partial charge in [-0.05, 0) is 80.8 Å². The lowest BCUT2D eigenvalue weighted by atomic mass is 9.86. The molecule has 29 heavy (non-hydrogen) atoms. The molecule has 5 nitrogen and oxygen atoms in total. The Balaban J connectivity index is 1.66. The van der Waals surface area contributed by atoms with Crippen molar-refractivity contribution in [1.82, 2.24) is 14.9 Å². The van der Waals surface area contributed by atoms with Crippen LogP contribution in [0.2, 0.25) is 0 Å². The van der Waals surface area contributed by atoms with Gasteiger partial charge in [0.1, 0.15) is 11.6 Å². The van der Waals surface area contributed by atoms with Crippen LogP contribution in [0.25, 0.3) is 22.4 Å². The van der Waals surface area contributed by atoms with Gasteiger partial charge in [0.25, 0.3) is 0 Å². The first kappa shape index (κ1) is 19.5. The van der Waals surface area contributed by atoms with Crippen LogP contribution in [0.15, 0.2) is 36.4 Å². The van der Waals surface area contributed by atoms with E-state index in [9.17, 15) is 9.90 Å². The van der Waals surface area contributed by atoms with Crippen molar-refractivity contribution < 1.29 is 9.90 Å². The number of hydrogen-bond acceptors (Lipinski definition) is 3. The highest BCUT2D eigenvalue weighted by Crippen LogP contribution is 2.33. The van der Waals surface area contributed by atoms with Crippen LogP contribution in [-0.2, 0) is 11.3 Å². The monoisotopic (exact) mass is 391 g/mol. The van der Waals surface area contributed by atoms with E-state index in [-0.39, 0.29) is 5.91 Å². The van der Waals surface area contributed by atoms with Gasteiger partial charge in [-0.3, -0.25) is 4.79 Å². The fourth-order valence-corrected chi connectivity index (χ4v) is 4.60. The number of phenols is 1. The summed E-state index contributed by atoms with van der Waals surface area (Å²) in [7, 11) is 0. The van der Waals surface area contributed by atoms with E-state index in [2.05, 4.69) is 28.1 Å². The van der Waals surface area contributed by atoms with Gasteiger partial charge < -0.3 is 15.0 Å². The summed E-state index contributed by atoms with van der Waals surface area (Å²) in [5.41, 5.74) is 4.93. The van der Waals surface area contributed by atoms with Crippen LogP contribution in [-0.4, -0.2) is 26.6 Å². The molecule has 2 aromatic carbocycles. The first-order chi connectivity index (χ1) is 13.9. The highest BCUT2D eigenvalue weighted by molar-refractivity contribution is 5.81. The number of carbonyl (C=O) groups excluding carboxylic acids is 1. The molecular formula is C24H29N3O2. The molecule has 1 saturated carbocycles. The van der Waals surface area contributed by atoms with E-state index in [1.54, 1.807) is 6.92 Å². The predicted octanol–water partition coefficient (Wildman–Crippen LogP) is 4.72. The number of aromatic hydroxyl groups is 1. The second-order valence-electron chi connectivity index (χ2n) is 8.41. The van der Waals surface area contributed by atoms with Crippen molar-refractivity contribution in [3.63, 3.8) is 0 Å². The summed E-state index contributed by atoms with van der Waals surface area (Å²) in [5.74, 6) is 1.94. The van der Waals surface area contributed by atoms with Crippen molar-refractivity contribution in [3.05, 3.63) is 47.5 Å². The molecule has 1 heterocycles. The standard InChI is InChI=1S/C24H29N3O2/c1-15-12-19(13-16(2)23(15)29)24-26-21-6-4-5-7-22(21)27(24)14-18-8-10-20(11-9-18)25-17(3)28/h4-7,12-13,18,20,29H,8-11,14H2,1-3H3,(H,25,28). The number of rotatable bonds is 4. The van der Waals surface area contributed by atoms with E-state index in [1.165, 1.54) is 0 Å². The van der Waals surface area contributed by atoms with Crippen LogP contribution in [0.5, 0.6) is 5.75 Å². The summed E-state index contributed by atoms with van der Waals surface area (Å²) in [6, 6.07) is 12.6. The Labute approximate surface area is 171 Å². The van der Waals surface area contributed by atoms with Crippen LogP contribution in [0.4, 0.5) is 0 Å². The zero-order valence-electron chi connectivity index (χ0n) is 17.4. The lowest BCUT2D eigenvalue weighted by molar-refractivity contribution is -0.119. The van der Waals surface area contributed by atoms with Crippen molar-refractivity contribution in [2.24, 2.45) is 5.92 Å². The zero-order chi connectivity index (χ0) is 20.5. The second kappa shape index (κ2) is 7.90. The summed E-state index contributed by atoms with van der Waals surface area (Å²) in [4.78, 5) is 16.3. The average molecular weight is 392 g/mol. The van der Waals surface area contributed by atoms with E-state index in [0.29, 0.717) is 17.7 Å². The molecule has 5 heteroatoms.